The Labute approximate surface area is 127 Å². The second-order valence-electron chi connectivity index (χ2n) is 6.19. The first-order valence-corrected chi connectivity index (χ1v) is 7.88. The summed E-state index contributed by atoms with van der Waals surface area (Å²) < 4.78 is 1.42. The van der Waals surface area contributed by atoms with Crippen molar-refractivity contribution in [2.45, 2.75) is 25.7 Å². The molecule has 1 aliphatic heterocycles. The Bertz CT molecular complexity index is 681. The molecule has 0 spiro atoms. The lowest BCUT2D eigenvalue weighted by molar-refractivity contribution is -0.125. The Balaban J connectivity index is 1.43. The Morgan fingerprint density at radius 2 is 2.23 bits per heavy atom. The number of piperidine rings is 1. The minimum absolute atomic E-state index is 0.0406. The van der Waals surface area contributed by atoms with E-state index in [-0.39, 0.29) is 11.8 Å². The molecule has 1 amide bonds. The van der Waals surface area contributed by atoms with E-state index < -0.39 is 0 Å². The summed E-state index contributed by atoms with van der Waals surface area (Å²) in [7, 11) is 0. The molecule has 116 valence electrons. The predicted octanol–water partition coefficient (Wildman–Crippen LogP) is 0.262. The van der Waals surface area contributed by atoms with Crippen LogP contribution in [0.4, 0.5) is 5.82 Å². The third-order valence-electron chi connectivity index (χ3n) is 4.43. The van der Waals surface area contributed by atoms with Crippen LogP contribution >= 0.6 is 0 Å². The summed E-state index contributed by atoms with van der Waals surface area (Å²) in [6, 6.07) is 3.76. The molecule has 4 rings (SSSR count). The van der Waals surface area contributed by atoms with E-state index in [0.29, 0.717) is 18.1 Å². The first-order chi connectivity index (χ1) is 10.8. The SMILES string of the molecule is O=C(NCC1CC1)[C@H]1CCCN(c2ccc3nnnn3n2)C1. The summed E-state index contributed by atoms with van der Waals surface area (Å²) >= 11 is 0. The van der Waals surface area contributed by atoms with Crippen LogP contribution < -0.4 is 10.2 Å². The van der Waals surface area contributed by atoms with Crippen LogP contribution in [0.25, 0.3) is 5.65 Å². The van der Waals surface area contributed by atoms with E-state index in [1.165, 1.54) is 17.5 Å². The van der Waals surface area contributed by atoms with Gasteiger partial charge in [-0.1, -0.05) is 0 Å². The van der Waals surface area contributed by atoms with Gasteiger partial charge in [-0.2, -0.15) is 0 Å². The molecule has 1 atom stereocenters. The van der Waals surface area contributed by atoms with Gasteiger partial charge in [0.2, 0.25) is 5.91 Å². The van der Waals surface area contributed by atoms with Crippen molar-refractivity contribution in [2.24, 2.45) is 11.8 Å². The van der Waals surface area contributed by atoms with Gasteiger partial charge in [0, 0.05) is 19.6 Å². The molecule has 8 heteroatoms. The number of anilines is 1. The van der Waals surface area contributed by atoms with Crippen molar-refractivity contribution < 1.29 is 4.79 Å². The first-order valence-electron chi connectivity index (χ1n) is 7.88. The molecule has 1 saturated heterocycles. The standard InChI is InChI=1S/C14H19N7O/c22-14(15-8-10-3-4-10)11-2-1-7-20(9-11)13-6-5-12-16-18-19-21(12)17-13/h5-6,10-11H,1-4,7-9H2,(H,15,22)/t11-/m0/s1. The highest BCUT2D eigenvalue weighted by molar-refractivity contribution is 5.79. The largest absolute Gasteiger partial charge is 0.356 e. The van der Waals surface area contributed by atoms with Gasteiger partial charge < -0.3 is 10.2 Å². The van der Waals surface area contributed by atoms with Crippen molar-refractivity contribution >= 4 is 17.4 Å². The van der Waals surface area contributed by atoms with E-state index in [1.54, 1.807) is 0 Å². The molecule has 22 heavy (non-hydrogen) atoms. The zero-order valence-electron chi connectivity index (χ0n) is 12.4. The summed E-state index contributed by atoms with van der Waals surface area (Å²) in [5.74, 6) is 1.76. The van der Waals surface area contributed by atoms with E-state index >= 15 is 0 Å². The molecule has 0 bridgehead atoms. The lowest BCUT2D eigenvalue weighted by atomic mass is 9.97. The van der Waals surface area contributed by atoms with Crippen molar-refractivity contribution in [3.8, 4) is 0 Å². The maximum Gasteiger partial charge on any atom is 0.224 e. The second kappa shape index (κ2) is 5.51. The highest BCUT2D eigenvalue weighted by atomic mass is 16.1. The second-order valence-corrected chi connectivity index (χ2v) is 6.19. The smallest absolute Gasteiger partial charge is 0.224 e. The minimum Gasteiger partial charge on any atom is -0.356 e. The molecule has 1 aliphatic carbocycles. The molecule has 3 heterocycles. The van der Waals surface area contributed by atoms with Gasteiger partial charge in [-0.15, -0.1) is 14.8 Å². The highest BCUT2D eigenvalue weighted by Gasteiger charge is 2.28. The maximum absolute atomic E-state index is 12.3. The number of hydrogen-bond donors (Lipinski definition) is 1. The molecule has 8 nitrogen and oxygen atoms in total. The van der Waals surface area contributed by atoms with Crippen LogP contribution in [-0.2, 0) is 4.79 Å². The van der Waals surface area contributed by atoms with Gasteiger partial charge in [-0.05, 0) is 54.2 Å². The van der Waals surface area contributed by atoms with Gasteiger partial charge in [0.15, 0.2) is 11.5 Å². The number of aromatic nitrogens is 5. The molecule has 0 radical (unpaired) electrons. The quantitative estimate of drug-likeness (QED) is 0.871. The van der Waals surface area contributed by atoms with E-state index in [9.17, 15) is 4.79 Å². The molecule has 1 N–H and O–H groups in total. The number of carbonyl (C=O) groups is 1. The number of carbonyl (C=O) groups excluding carboxylic acids is 1. The fraction of sp³-hybridized carbons (Fsp3) is 0.643. The van der Waals surface area contributed by atoms with Crippen LogP contribution in [0.3, 0.4) is 0 Å². The van der Waals surface area contributed by atoms with Crippen LogP contribution in [0.1, 0.15) is 25.7 Å². The van der Waals surface area contributed by atoms with E-state index in [0.717, 1.165) is 31.7 Å². The average molecular weight is 301 g/mol. The molecule has 0 aromatic carbocycles. The number of fused-ring (bicyclic) bond motifs is 1. The zero-order chi connectivity index (χ0) is 14.9. The maximum atomic E-state index is 12.3. The van der Waals surface area contributed by atoms with E-state index in [1.807, 2.05) is 12.1 Å². The highest BCUT2D eigenvalue weighted by Crippen LogP contribution is 2.28. The zero-order valence-corrected chi connectivity index (χ0v) is 12.4. The molecule has 2 aromatic heterocycles. The fourth-order valence-electron chi connectivity index (χ4n) is 2.92. The number of nitrogens with zero attached hydrogens (tertiary/aromatic N) is 6. The summed E-state index contributed by atoms with van der Waals surface area (Å²) in [4.78, 5) is 14.4. The number of hydrogen-bond acceptors (Lipinski definition) is 6. The number of amides is 1. The normalized spacial score (nSPS) is 22.0. The molecule has 2 aromatic rings. The lowest BCUT2D eigenvalue weighted by Crippen LogP contribution is -2.44. The van der Waals surface area contributed by atoms with Crippen LogP contribution in [0, 0.1) is 11.8 Å². The number of tetrazole rings is 1. The van der Waals surface area contributed by atoms with Crippen LogP contribution in [0.5, 0.6) is 0 Å². The van der Waals surface area contributed by atoms with Gasteiger partial charge >= 0.3 is 0 Å². The lowest BCUT2D eigenvalue weighted by Gasteiger charge is -2.32. The summed E-state index contributed by atoms with van der Waals surface area (Å²) in [5.41, 5.74) is 0.625. The Morgan fingerprint density at radius 1 is 1.32 bits per heavy atom. The van der Waals surface area contributed by atoms with Gasteiger partial charge in [0.25, 0.3) is 0 Å². The van der Waals surface area contributed by atoms with Crippen LogP contribution in [0.15, 0.2) is 12.1 Å². The Morgan fingerprint density at radius 3 is 3.09 bits per heavy atom. The molecule has 1 saturated carbocycles. The van der Waals surface area contributed by atoms with Gasteiger partial charge in [-0.3, -0.25) is 4.79 Å². The summed E-state index contributed by atoms with van der Waals surface area (Å²) in [5, 5.41) is 18.8. The topological polar surface area (TPSA) is 88.3 Å². The molecular formula is C14H19N7O. The minimum atomic E-state index is 0.0406. The third kappa shape index (κ3) is 2.72. The van der Waals surface area contributed by atoms with Gasteiger partial charge in [0.05, 0.1) is 5.92 Å². The van der Waals surface area contributed by atoms with Crippen LogP contribution in [0.2, 0.25) is 0 Å². The number of nitrogens with one attached hydrogen (secondary N) is 1. The Kier molecular flexibility index (Phi) is 3.36. The summed E-state index contributed by atoms with van der Waals surface area (Å²) in [6.07, 6.45) is 4.46. The van der Waals surface area contributed by atoms with Crippen molar-refractivity contribution in [1.29, 1.82) is 0 Å². The first kappa shape index (κ1) is 13.4. The Hall–Kier alpha value is -2.25. The number of rotatable bonds is 4. The molecule has 0 unspecified atom stereocenters. The molecular weight excluding hydrogens is 282 g/mol. The van der Waals surface area contributed by atoms with Crippen molar-refractivity contribution in [3.05, 3.63) is 12.1 Å². The fourth-order valence-corrected chi connectivity index (χ4v) is 2.92. The van der Waals surface area contributed by atoms with Gasteiger partial charge in [0.1, 0.15) is 0 Å². The van der Waals surface area contributed by atoms with Crippen LogP contribution in [-0.4, -0.2) is 50.8 Å². The van der Waals surface area contributed by atoms with Crippen molar-refractivity contribution in [3.63, 3.8) is 0 Å². The van der Waals surface area contributed by atoms with Gasteiger partial charge in [-0.25, -0.2) is 0 Å². The van der Waals surface area contributed by atoms with Crippen molar-refractivity contribution in [2.75, 3.05) is 24.5 Å². The summed E-state index contributed by atoms with van der Waals surface area (Å²) in [6.45, 7) is 2.45. The van der Waals surface area contributed by atoms with E-state index in [4.69, 9.17) is 0 Å². The predicted molar refractivity (Wildman–Crippen MR) is 79.2 cm³/mol. The molecule has 2 fully saturated rings. The molecule has 2 aliphatic rings. The van der Waals surface area contributed by atoms with Crippen molar-refractivity contribution in [1.82, 2.24) is 30.6 Å². The monoisotopic (exact) mass is 301 g/mol. The average Bonchev–Trinajstić information content (AvgIpc) is 3.27. The third-order valence-corrected chi connectivity index (χ3v) is 4.43. The van der Waals surface area contributed by atoms with E-state index in [2.05, 4.69) is 30.8 Å².